The van der Waals surface area contributed by atoms with Crippen LogP contribution in [0.25, 0.3) is 23.0 Å². The molecule has 0 amide bonds. The lowest BCUT2D eigenvalue weighted by Gasteiger charge is -2.10. The number of ether oxygens (including phenoxy) is 1. The molecule has 4 rings (SSSR count). The zero-order chi connectivity index (χ0) is 20.2. The number of aryl methyl sites for hydroxylation is 1. The molecular weight excluding hydrogens is 392 g/mol. The van der Waals surface area contributed by atoms with Gasteiger partial charge in [-0.1, -0.05) is 35.5 Å². The van der Waals surface area contributed by atoms with E-state index < -0.39 is 5.97 Å². The maximum absolute atomic E-state index is 12.7. The van der Waals surface area contributed by atoms with Crippen LogP contribution in [0.4, 0.5) is 0 Å². The van der Waals surface area contributed by atoms with Crippen molar-refractivity contribution in [1.82, 2.24) is 20.1 Å². The summed E-state index contributed by atoms with van der Waals surface area (Å²) < 4.78 is 15.9. The van der Waals surface area contributed by atoms with Crippen LogP contribution in [0.2, 0.25) is 0 Å². The first-order valence-corrected chi connectivity index (χ1v) is 9.90. The summed E-state index contributed by atoms with van der Waals surface area (Å²) in [4.78, 5) is 25.7. The quantitative estimate of drug-likeness (QED) is 0.264. The second kappa shape index (κ2) is 8.27. The third-order valence-corrected chi connectivity index (χ3v) is 4.70. The largest absolute Gasteiger partial charge is 0.461 e. The van der Waals surface area contributed by atoms with Gasteiger partial charge >= 0.3 is 5.97 Å². The summed E-state index contributed by atoms with van der Waals surface area (Å²) in [6.45, 7) is 1.58. The van der Waals surface area contributed by atoms with Gasteiger partial charge in [0, 0.05) is 5.56 Å². The summed E-state index contributed by atoms with van der Waals surface area (Å²) in [6.07, 6.45) is 3.37. The van der Waals surface area contributed by atoms with Crippen LogP contribution >= 0.6 is 11.8 Å². The molecule has 0 fully saturated rings. The van der Waals surface area contributed by atoms with Crippen molar-refractivity contribution < 1.29 is 18.5 Å². The Balaban J connectivity index is 1.51. The Morgan fingerprint density at radius 3 is 2.62 bits per heavy atom. The number of esters is 1. The molecule has 3 heterocycles. The molecule has 146 valence electrons. The third kappa shape index (κ3) is 4.04. The number of hydrogen-bond acceptors (Lipinski definition) is 9. The molecular formula is C20H16N4O4S. The molecule has 9 heteroatoms. The lowest BCUT2D eigenvalue weighted by molar-refractivity contribution is 0.0423. The van der Waals surface area contributed by atoms with Gasteiger partial charge in [-0.3, -0.25) is 0 Å². The average Bonchev–Trinajstić information content (AvgIpc) is 3.44. The number of thioether (sulfide) groups is 1. The summed E-state index contributed by atoms with van der Waals surface area (Å²) in [7, 11) is 0. The van der Waals surface area contributed by atoms with E-state index in [0.717, 1.165) is 5.56 Å². The molecule has 0 saturated heterocycles. The predicted molar refractivity (Wildman–Crippen MR) is 105 cm³/mol. The third-order valence-electron chi connectivity index (χ3n) is 4.02. The molecule has 8 nitrogen and oxygen atoms in total. The monoisotopic (exact) mass is 408 g/mol. The minimum Gasteiger partial charge on any atom is -0.461 e. The Morgan fingerprint density at radius 2 is 1.90 bits per heavy atom. The van der Waals surface area contributed by atoms with E-state index in [1.807, 2.05) is 36.6 Å². The zero-order valence-corrected chi connectivity index (χ0v) is 16.5. The summed E-state index contributed by atoms with van der Waals surface area (Å²) in [6, 6.07) is 12.9. The summed E-state index contributed by atoms with van der Waals surface area (Å²) >= 11 is 1.33. The predicted octanol–water partition coefficient (Wildman–Crippen LogP) is 4.17. The fraction of sp³-hybridized carbons (Fsp3) is 0.150. The van der Waals surface area contributed by atoms with Crippen molar-refractivity contribution in [3.8, 4) is 23.0 Å². The van der Waals surface area contributed by atoms with Crippen molar-refractivity contribution >= 4 is 17.7 Å². The molecule has 0 aliphatic carbocycles. The van der Waals surface area contributed by atoms with E-state index in [0.29, 0.717) is 33.7 Å². The van der Waals surface area contributed by atoms with E-state index in [9.17, 15) is 4.79 Å². The van der Waals surface area contributed by atoms with Gasteiger partial charge in [0.1, 0.15) is 10.6 Å². The van der Waals surface area contributed by atoms with Gasteiger partial charge in [-0.15, -0.1) is 11.8 Å². The van der Waals surface area contributed by atoms with Crippen LogP contribution in [0.1, 0.15) is 21.9 Å². The van der Waals surface area contributed by atoms with Gasteiger partial charge in [-0.2, -0.15) is 4.98 Å². The molecule has 0 spiro atoms. The summed E-state index contributed by atoms with van der Waals surface area (Å²) in [5.74, 6) is 1.02. The molecule has 0 saturated carbocycles. The van der Waals surface area contributed by atoms with Gasteiger partial charge in [-0.05, 0) is 25.3 Å². The molecule has 0 atom stereocenters. The van der Waals surface area contributed by atoms with E-state index in [1.54, 1.807) is 25.3 Å². The molecule has 1 aromatic carbocycles. The Labute approximate surface area is 170 Å². The number of furan rings is 1. The molecule has 0 unspecified atom stereocenters. The van der Waals surface area contributed by atoms with E-state index in [4.69, 9.17) is 13.7 Å². The van der Waals surface area contributed by atoms with Crippen molar-refractivity contribution in [3.05, 3.63) is 65.9 Å². The van der Waals surface area contributed by atoms with Crippen LogP contribution in [0.15, 0.2) is 62.7 Å². The topological polar surface area (TPSA) is 104 Å². The Bertz CT molecular complexity index is 1130. The number of hydrogen-bond donors (Lipinski definition) is 0. The highest BCUT2D eigenvalue weighted by Gasteiger charge is 2.22. The normalized spacial score (nSPS) is 10.8. The average molecular weight is 408 g/mol. The number of benzene rings is 1. The van der Waals surface area contributed by atoms with Crippen LogP contribution < -0.4 is 0 Å². The molecule has 3 aromatic heterocycles. The van der Waals surface area contributed by atoms with Gasteiger partial charge in [0.15, 0.2) is 18.2 Å². The van der Waals surface area contributed by atoms with Gasteiger partial charge in [0.05, 0.1) is 12.0 Å². The van der Waals surface area contributed by atoms with Gasteiger partial charge in [-0.25, -0.2) is 14.8 Å². The zero-order valence-electron chi connectivity index (χ0n) is 15.7. The maximum Gasteiger partial charge on any atom is 0.343 e. The van der Waals surface area contributed by atoms with Crippen LogP contribution in [0.5, 0.6) is 0 Å². The molecule has 29 heavy (non-hydrogen) atoms. The SMILES string of the molecule is CSc1nc(-c2ccco2)nc(C)c1C(=O)OCc1nc(-c2ccccc2)no1. The first kappa shape index (κ1) is 18.9. The molecule has 4 aromatic rings. The van der Waals surface area contributed by atoms with Gasteiger partial charge < -0.3 is 13.7 Å². The fourth-order valence-electron chi connectivity index (χ4n) is 2.66. The van der Waals surface area contributed by atoms with Crippen LogP contribution in [0, 0.1) is 6.92 Å². The fourth-order valence-corrected chi connectivity index (χ4v) is 3.28. The number of rotatable bonds is 6. The van der Waals surface area contributed by atoms with Crippen LogP contribution in [-0.4, -0.2) is 32.3 Å². The molecule has 0 radical (unpaired) electrons. The first-order valence-electron chi connectivity index (χ1n) is 8.67. The highest BCUT2D eigenvalue weighted by molar-refractivity contribution is 7.98. The highest BCUT2D eigenvalue weighted by atomic mass is 32.2. The maximum atomic E-state index is 12.7. The summed E-state index contributed by atoms with van der Waals surface area (Å²) in [5, 5.41) is 4.42. The number of carbonyl (C=O) groups is 1. The smallest absolute Gasteiger partial charge is 0.343 e. The lowest BCUT2D eigenvalue weighted by atomic mass is 10.2. The van der Waals surface area contributed by atoms with E-state index in [1.165, 1.54) is 11.8 Å². The molecule has 0 aliphatic heterocycles. The standard InChI is InChI=1S/C20H16N4O4S/c1-12-16(19(29-2)23-18(21-12)14-9-6-10-26-14)20(25)27-11-15-22-17(24-28-15)13-7-4-3-5-8-13/h3-10H,11H2,1-2H3. The minimum absolute atomic E-state index is 0.147. The minimum atomic E-state index is -0.558. The van der Waals surface area contributed by atoms with E-state index in [2.05, 4.69) is 20.1 Å². The number of aromatic nitrogens is 4. The lowest BCUT2D eigenvalue weighted by Crippen LogP contribution is -2.12. The van der Waals surface area contributed by atoms with Crippen molar-refractivity contribution in [2.75, 3.05) is 6.26 Å². The van der Waals surface area contributed by atoms with Crippen LogP contribution in [-0.2, 0) is 11.3 Å². The van der Waals surface area contributed by atoms with Crippen molar-refractivity contribution in [2.24, 2.45) is 0 Å². The van der Waals surface area contributed by atoms with Gasteiger partial charge in [0.25, 0.3) is 5.89 Å². The first-order chi connectivity index (χ1) is 14.2. The van der Waals surface area contributed by atoms with E-state index >= 15 is 0 Å². The molecule has 0 bridgehead atoms. The Hall–Kier alpha value is -3.46. The molecule has 0 aliphatic rings. The second-order valence-electron chi connectivity index (χ2n) is 5.95. The highest BCUT2D eigenvalue weighted by Crippen LogP contribution is 2.26. The van der Waals surface area contributed by atoms with E-state index in [-0.39, 0.29) is 12.5 Å². The van der Waals surface area contributed by atoms with Crippen molar-refractivity contribution in [1.29, 1.82) is 0 Å². The number of carbonyl (C=O) groups excluding carboxylic acids is 1. The summed E-state index contributed by atoms with van der Waals surface area (Å²) in [5.41, 5.74) is 1.61. The van der Waals surface area contributed by atoms with Crippen molar-refractivity contribution in [3.63, 3.8) is 0 Å². The Kier molecular flexibility index (Phi) is 5.39. The Morgan fingerprint density at radius 1 is 1.07 bits per heavy atom. The second-order valence-corrected chi connectivity index (χ2v) is 6.74. The number of nitrogens with zero attached hydrogens (tertiary/aromatic N) is 4. The molecule has 0 N–H and O–H groups in total. The van der Waals surface area contributed by atoms with Gasteiger partial charge in [0.2, 0.25) is 5.82 Å². The van der Waals surface area contributed by atoms with Crippen LogP contribution in [0.3, 0.4) is 0 Å². The van der Waals surface area contributed by atoms with Crippen molar-refractivity contribution in [2.45, 2.75) is 18.6 Å².